The first-order valence-electron chi connectivity index (χ1n) is 9.24. The van der Waals surface area contributed by atoms with Crippen LogP contribution in [0.5, 0.6) is 17.5 Å². The highest BCUT2D eigenvalue weighted by molar-refractivity contribution is 5.37. The molecule has 2 aliphatic rings. The maximum atomic E-state index is 14.5. The third-order valence-electron chi connectivity index (χ3n) is 4.98. The van der Waals surface area contributed by atoms with Gasteiger partial charge in [-0.25, -0.2) is 9.37 Å². The molecule has 2 aromatic heterocycles. The Hall–Kier alpha value is -2.99. The number of halogens is 1. The highest BCUT2D eigenvalue weighted by Crippen LogP contribution is 2.34. The Labute approximate surface area is 161 Å². The van der Waals surface area contributed by atoms with E-state index in [0.29, 0.717) is 36.4 Å². The number of rotatable bonds is 4. The number of fused-ring (bicyclic) bond motifs is 1. The summed E-state index contributed by atoms with van der Waals surface area (Å²) in [5, 5.41) is 16.4. The van der Waals surface area contributed by atoms with Gasteiger partial charge in [-0.05, 0) is 25.8 Å². The van der Waals surface area contributed by atoms with E-state index in [9.17, 15) is 4.39 Å². The molecule has 0 unspecified atom stereocenters. The van der Waals surface area contributed by atoms with Crippen LogP contribution in [0.4, 0.5) is 4.39 Å². The van der Waals surface area contributed by atoms with Crippen LogP contribution in [-0.2, 0) is 0 Å². The molecule has 0 saturated carbocycles. The van der Waals surface area contributed by atoms with Crippen molar-refractivity contribution in [2.24, 2.45) is 0 Å². The maximum absolute atomic E-state index is 14.5. The lowest BCUT2D eigenvalue weighted by Gasteiger charge is -2.35. The van der Waals surface area contributed by atoms with E-state index in [2.05, 4.69) is 20.1 Å². The lowest BCUT2D eigenvalue weighted by molar-refractivity contribution is 0.0735. The number of pyridine rings is 1. The number of piperidine rings is 1. The summed E-state index contributed by atoms with van der Waals surface area (Å²) in [6, 6.07) is 6.32. The molecule has 146 valence electrons. The number of aromatic nitrogens is 3. The van der Waals surface area contributed by atoms with Crippen molar-refractivity contribution < 1.29 is 18.6 Å². The van der Waals surface area contributed by atoms with E-state index in [0.717, 1.165) is 25.9 Å². The molecular weight excluding hydrogens is 365 g/mol. The molecule has 1 fully saturated rings. The first-order valence-corrected chi connectivity index (χ1v) is 9.24. The molecule has 0 spiro atoms. The second kappa shape index (κ2) is 7.94. The molecular formula is C19H20FN5O3. The topological polar surface area (TPSA) is 93.4 Å². The average molecular weight is 385 g/mol. The summed E-state index contributed by atoms with van der Waals surface area (Å²) in [7, 11) is 0. The van der Waals surface area contributed by atoms with Gasteiger partial charge in [0.1, 0.15) is 31.2 Å². The van der Waals surface area contributed by atoms with E-state index in [1.54, 1.807) is 12.1 Å². The fourth-order valence-electron chi connectivity index (χ4n) is 3.43. The van der Waals surface area contributed by atoms with Crippen LogP contribution in [0.25, 0.3) is 0 Å². The second-order valence-electron chi connectivity index (χ2n) is 6.75. The van der Waals surface area contributed by atoms with Crippen molar-refractivity contribution in [1.82, 2.24) is 20.1 Å². The average Bonchev–Trinajstić information content (AvgIpc) is 2.74. The second-order valence-corrected chi connectivity index (χ2v) is 6.75. The Kier molecular flexibility index (Phi) is 5.21. The van der Waals surface area contributed by atoms with Gasteiger partial charge in [-0.1, -0.05) is 0 Å². The third-order valence-corrected chi connectivity index (χ3v) is 4.98. The monoisotopic (exact) mass is 385 g/mol. The molecule has 0 bridgehead atoms. The minimum atomic E-state index is -0.386. The van der Waals surface area contributed by atoms with Crippen LogP contribution in [0.3, 0.4) is 0 Å². The first-order chi connectivity index (χ1) is 13.6. The van der Waals surface area contributed by atoms with Crippen LogP contribution in [0.2, 0.25) is 0 Å². The van der Waals surface area contributed by atoms with Crippen molar-refractivity contribution in [3.8, 4) is 23.6 Å². The molecule has 0 aromatic carbocycles. The van der Waals surface area contributed by atoms with Crippen LogP contribution in [0.15, 0.2) is 18.2 Å². The van der Waals surface area contributed by atoms with Gasteiger partial charge in [0.2, 0.25) is 5.88 Å². The Morgan fingerprint density at radius 2 is 2.04 bits per heavy atom. The normalized spacial score (nSPS) is 18.3. The Morgan fingerprint density at radius 3 is 2.75 bits per heavy atom. The van der Waals surface area contributed by atoms with Crippen molar-refractivity contribution in [1.29, 1.82) is 5.26 Å². The molecule has 0 amide bonds. The van der Waals surface area contributed by atoms with Crippen LogP contribution in [-0.4, -0.2) is 52.5 Å². The minimum absolute atomic E-state index is 0.00348. The summed E-state index contributed by atoms with van der Waals surface area (Å²) in [4.78, 5) is 6.52. The predicted molar refractivity (Wildman–Crippen MR) is 95.6 cm³/mol. The molecule has 1 atom stereocenters. The molecule has 0 radical (unpaired) electrons. The minimum Gasteiger partial charge on any atom is -0.484 e. The largest absolute Gasteiger partial charge is 0.484 e. The molecule has 1 saturated heterocycles. The summed E-state index contributed by atoms with van der Waals surface area (Å²) < 4.78 is 31.2. The van der Waals surface area contributed by atoms with Crippen molar-refractivity contribution in [3.05, 3.63) is 35.4 Å². The zero-order valence-electron chi connectivity index (χ0n) is 15.5. The maximum Gasteiger partial charge on any atom is 0.257 e. The molecule has 9 heteroatoms. The van der Waals surface area contributed by atoms with E-state index < -0.39 is 0 Å². The van der Waals surface area contributed by atoms with E-state index in [1.165, 1.54) is 6.07 Å². The number of hydrogen-bond donors (Lipinski definition) is 0. The highest BCUT2D eigenvalue weighted by atomic mass is 19.1. The van der Waals surface area contributed by atoms with E-state index in [4.69, 9.17) is 19.5 Å². The number of likely N-dealkylation sites (tertiary alicyclic amines) is 1. The molecule has 8 nitrogen and oxygen atoms in total. The quantitative estimate of drug-likeness (QED) is 0.791. The summed E-state index contributed by atoms with van der Waals surface area (Å²) in [6.07, 6.45) is 1.56. The van der Waals surface area contributed by atoms with Gasteiger partial charge in [-0.15, -0.1) is 10.2 Å². The molecule has 0 N–H and O–H groups in total. The van der Waals surface area contributed by atoms with Crippen LogP contribution >= 0.6 is 0 Å². The zero-order valence-corrected chi connectivity index (χ0v) is 15.5. The summed E-state index contributed by atoms with van der Waals surface area (Å²) in [5.74, 6) is 0.732. The lowest BCUT2D eigenvalue weighted by Crippen LogP contribution is -2.40. The van der Waals surface area contributed by atoms with Crippen molar-refractivity contribution >= 4 is 0 Å². The standard InChI is InChI=1S/C19H20FN5O3/c1-12(18-15(20)10-16-19(22-18)27-9-8-26-16)25-6-4-14(5-7-25)28-17-3-2-13(11-21)23-24-17/h2-3,10,12,14H,4-9H2,1H3/t12-/m0/s1. The number of ether oxygens (including phenoxy) is 3. The highest BCUT2D eigenvalue weighted by Gasteiger charge is 2.29. The van der Waals surface area contributed by atoms with Crippen LogP contribution in [0, 0.1) is 17.1 Å². The van der Waals surface area contributed by atoms with Gasteiger partial charge < -0.3 is 14.2 Å². The van der Waals surface area contributed by atoms with Gasteiger partial charge in [-0.2, -0.15) is 5.26 Å². The lowest BCUT2D eigenvalue weighted by atomic mass is 10.0. The fourth-order valence-corrected chi connectivity index (χ4v) is 3.43. The van der Waals surface area contributed by atoms with Gasteiger partial charge >= 0.3 is 0 Å². The summed E-state index contributed by atoms with van der Waals surface area (Å²) in [5.41, 5.74) is 0.617. The summed E-state index contributed by atoms with van der Waals surface area (Å²) >= 11 is 0. The van der Waals surface area contributed by atoms with Gasteiger partial charge in [0.05, 0.1) is 11.7 Å². The van der Waals surface area contributed by atoms with Gasteiger partial charge in [-0.3, -0.25) is 4.90 Å². The molecule has 2 aliphatic heterocycles. The molecule has 0 aliphatic carbocycles. The van der Waals surface area contributed by atoms with E-state index in [-0.39, 0.29) is 23.7 Å². The smallest absolute Gasteiger partial charge is 0.257 e. The number of hydrogen-bond acceptors (Lipinski definition) is 8. The van der Waals surface area contributed by atoms with E-state index in [1.807, 2.05) is 13.0 Å². The van der Waals surface area contributed by atoms with Crippen molar-refractivity contribution in [2.75, 3.05) is 26.3 Å². The van der Waals surface area contributed by atoms with Crippen molar-refractivity contribution in [2.45, 2.75) is 31.9 Å². The number of nitriles is 1. The Morgan fingerprint density at radius 1 is 1.25 bits per heavy atom. The first kappa shape index (κ1) is 18.4. The van der Waals surface area contributed by atoms with Crippen LogP contribution in [0.1, 0.15) is 37.2 Å². The molecule has 28 heavy (non-hydrogen) atoms. The molecule has 4 heterocycles. The van der Waals surface area contributed by atoms with E-state index >= 15 is 0 Å². The molecule has 4 rings (SSSR count). The van der Waals surface area contributed by atoms with Crippen LogP contribution < -0.4 is 14.2 Å². The number of nitrogens with zero attached hydrogens (tertiary/aromatic N) is 5. The van der Waals surface area contributed by atoms with Gasteiger partial charge in [0.25, 0.3) is 5.88 Å². The predicted octanol–water partition coefficient (Wildman–Crippen LogP) is 2.26. The Balaban J connectivity index is 1.37. The molecule has 2 aromatic rings. The third kappa shape index (κ3) is 3.82. The zero-order chi connectivity index (χ0) is 19.5. The Bertz CT molecular complexity index is 878. The van der Waals surface area contributed by atoms with Crippen molar-refractivity contribution in [3.63, 3.8) is 0 Å². The van der Waals surface area contributed by atoms with Gasteiger partial charge in [0.15, 0.2) is 11.4 Å². The summed E-state index contributed by atoms with van der Waals surface area (Å²) in [6.45, 7) is 4.24. The SMILES string of the molecule is C[C@@H](c1nc2c(cc1F)OCCO2)N1CCC(Oc2ccc(C#N)nn2)CC1. The fraction of sp³-hybridized carbons (Fsp3) is 0.474. The van der Waals surface area contributed by atoms with Gasteiger partial charge in [0, 0.05) is 25.2 Å².